The highest BCUT2D eigenvalue weighted by atomic mass is 16.5. The number of carbonyl (C=O) groups is 1. The molecule has 1 aromatic rings. The van der Waals surface area contributed by atoms with Crippen molar-refractivity contribution in [2.45, 2.75) is 6.92 Å². The fraction of sp³-hybridized carbons (Fsp3) is 0.300. The van der Waals surface area contributed by atoms with Gasteiger partial charge in [0.25, 0.3) is 5.91 Å². The van der Waals surface area contributed by atoms with E-state index in [2.05, 4.69) is 0 Å². The van der Waals surface area contributed by atoms with E-state index in [1.165, 1.54) is 7.11 Å². The van der Waals surface area contributed by atoms with E-state index in [0.717, 1.165) is 0 Å². The first-order valence-electron chi connectivity index (χ1n) is 4.29. The Bertz CT molecular complexity index is 336. The Morgan fingerprint density at radius 1 is 1.50 bits per heavy atom. The highest BCUT2D eigenvalue weighted by Gasteiger charge is 2.09. The van der Waals surface area contributed by atoms with Gasteiger partial charge in [0.2, 0.25) is 0 Å². The number of nitrogens with two attached hydrogens (primary N) is 1. The van der Waals surface area contributed by atoms with E-state index >= 15 is 0 Å². The zero-order valence-corrected chi connectivity index (χ0v) is 8.24. The van der Waals surface area contributed by atoms with Gasteiger partial charge in [-0.2, -0.15) is 0 Å². The van der Waals surface area contributed by atoms with Gasteiger partial charge in [-0.05, 0) is 25.1 Å². The summed E-state index contributed by atoms with van der Waals surface area (Å²) in [5.41, 5.74) is 5.51. The minimum atomic E-state index is -0.525. The number of rotatable bonds is 4. The fourth-order valence-corrected chi connectivity index (χ4v) is 1.14. The molecular weight excluding hydrogens is 182 g/mol. The zero-order chi connectivity index (χ0) is 10.6. The molecule has 0 bridgehead atoms. The van der Waals surface area contributed by atoms with Crippen molar-refractivity contribution in [1.29, 1.82) is 0 Å². The lowest BCUT2D eigenvalue weighted by Crippen LogP contribution is -2.12. The van der Waals surface area contributed by atoms with Gasteiger partial charge in [0.15, 0.2) is 0 Å². The summed E-state index contributed by atoms with van der Waals surface area (Å²) >= 11 is 0. The zero-order valence-electron chi connectivity index (χ0n) is 8.24. The van der Waals surface area contributed by atoms with Crippen LogP contribution in [0.25, 0.3) is 0 Å². The molecule has 0 fully saturated rings. The lowest BCUT2D eigenvalue weighted by Gasteiger charge is -2.08. The van der Waals surface area contributed by atoms with E-state index in [9.17, 15) is 4.79 Å². The van der Waals surface area contributed by atoms with Crippen LogP contribution in [0.4, 0.5) is 0 Å². The van der Waals surface area contributed by atoms with Gasteiger partial charge in [0.05, 0.1) is 19.3 Å². The van der Waals surface area contributed by atoms with Crippen LogP contribution in [0.5, 0.6) is 11.5 Å². The summed E-state index contributed by atoms with van der Waals surface area (Å²) in [4.78, 5) is 11.0. The maximum atomic E-state index is 11.0. The summed E-state index contributed by atoms with van der Waals surface area (Å²) in [6, 6.07) is 4.96. The van der Waals surface area contributed by atoms with Crippen molar-refractivity contribution < 1.29 is 14.3 Å². The summed E-state index contributed by atoms with van der Waals surface area (Å²) in [6.45, 7) is 2.42. The molecule has 1 amide bonds. The van der Waals surface area contributed by atoms with E-state index in [4.69, 9.17) is 15.2 Å². The van der Waals surface area contributed by atoms with Crippen molar-refractivity contribution in [2.24, 2.45) is 5.73 Å². The Hall–Kier alpha value is -1.71. The normalized spacial score (nSPS) is 9.57. The molecule has 0 unspecified atom stereocenters. The molecule has 0 saturated heterocycles. The van der Waals surface area contributed by atoms with Crippen LogP contribution in [0, 0.1) is 0 Å². The molecular formula is C10H13NO3. The summed E-state index contributed by atoms with van der Waals surface area (Å²) < 4.78 is 10.2. The first kappa shape index (κ1) is 10.4. The van der Waals surface area contributed by atoms with E-state index < -0.39 is 5.91 Å². The van der Waals surface area contributed by atoms with Gasteiger partial charge >= 0.3 is 0 Å². The Labute approximate surface area is 82.6 Å². The van der Waals surface area contributed by atoms with Gasteiger partial charge in [-0.3, -0.25) is 4.79 Å². The van der Waals surface area contributed by atoms with Gasteiger partial charge in [-0.1, -0.05) is 0 Å². The molecule has 0 heterocycles. The molecule has 0 saturated carbocycles. The summed E-state index contributed by atoms with van der Waals surface area (Å²) in [5.74, 6) is 0.548. The van der Waals surface area contributed by atoms with Crippen LogP contribution in [-0.4, -0.2) is 19.6 Å². The van der Waals surface area contributed by atoms with Crippen LogP contribution in [-0.2, 0) is 0 Å². The van der Waals surface area contributed by atoms with Crippen LogP contribution in [0.2, 0.25) is 0 Å². The quantitative estimate of drug-likeness (QED) is 0.785. The van der Waals surface area contributed by atoms with Crippen molar-refractivity contribution in [1.82, 2.24) is 0 Å². The van der Waals surface area contributed by atoms with Crippen LogP contribution >= 0.6 is 0 Å². The minimum Gasteiger partial charge on any atom is -0.496 e. The highest BCUT2D eigenvalue weighted by molar-refractivity contribution is 5.96. The molecule has 76 valence electrons. The fourth-order valence-electron chi connectivity index (χ4n) is 1.14. The maximum absolute atomic E-state index is 11.0. The molecule has 2 N–H and O–H groups in total. The third-order valence-corrected chi connectivity index (χ3v) is 1.75. The first-order valence-corrected chi connectivity index (χ1v) is 4.29. The molecule has 1 aromatic carbocycles. The number of benzene rings is 1. The predicted molar refractivity (Wildman–Crippen MR) is 52.7 cm³/mol. The Balaban J connectivity index is 3.07. The molecule has 0 aliphatic heterocycles. The van der Waals surface area contributed by atoms with Gasteiger partial charge < -0.3 is 15.2 Å². The second-order valence-electron chi connectivity index (χ2n) is 2.66. The number of amides is 1. The lowest BCUT2D eigenvalue weighted by molar-refractivity contribution is 0.0997. The Kier molecular flexibility index (Phi) is 3.34. The van der Waals surface area contributed by atoms with Crippen molar-refractivity contribution >= 4 is 5.91 Å². The highest BCUT2D eigenvalue weighted by Crippen LogP contribution is 2.23. The summed E-state index contributed by atoms with van der Waals surface area (Å²) in [7, 11) is 1.49. The monoisotopic (exact) mass is 195 g/mol. The van der Waals surface area contributed by atoms with E-state index in [0.29, 0.717) is 23.7 Å². The van der Waals surface area contributed by atoms with E-state index in [-0.39, 0.29) is 0 Å². The number of hydrogen-bond acceptors (Lipinski definition) is 3. The standard InChI is InChI=1S/C10H13NO3/c1-3-14-7-4-5-9(13-2)8(6-7)10(11)12/h4-6H,3H2,1-2H3,(H2,11,12). The number of primary amides is 1. The van der Waals surface area contributed by atoms with Gasteiger partial charge in [-0.15, -0.1) is 0 Å². The lowest BCUT2D eigenvalue weighted by atomic mass is 10.2. The van der Waals surface area contributed by atoms with Crippen molar-refractivity contribution in [3.05, 3.63) is 23.8 Å². The third kappa shape index (κ3) is 2.16. The molecule has 14 heavy (non-hydrogen) atoms. The Morgan fingerprint density at radius 3 is 2.71 bits per heavy atom. The topological polar surface area (TPSA) is 61.6 Å². The number of carbonyl (C=O) groups excluding carboxylic acids is 1. The summed E-state index contributed by atoms with van der Waals surface area (Å²) in [5, 5.41) is 0. The molecule has 0 aromatic heterocycles. The van der Waals surface area contributed by atoms with Crippen LogP contribution in [0.1, 0.15) is 17.3 Å². The minimum absolute atomic E-state index is 0.332. The average molecular weight is 195 g/mol. The largest absolute Gasteiger partial charge is 0.496 e. The van der Waals surface area contributed by atoms with E-state index in [1.54, 1.807) is 18.2 Å². The number of hydrogen-bond donors (Lipinski definition) is 1. The molecule has 4 nitrogen and oxygen atoms in total. The molecule has 0 aliphatic rings. The SMILES string of the molecule is CCOc1ccc(OC)c(C(N)=O)c1. The number of methoxy groups -OCH3 is 1. The van der Waals surface area contributed by atoms with E-state index in [1.807, 2.05) is 6.92 Å². The van der Waals surface area contributed by atoms with Crippen LogP contribution in [0.15, 0.2) is 18.2 Å². The molecule has 0 radical (unpaired) electrons. The third-order valence-electron chi connectivity index (χ3n) is 1.75. The van der Waals surface area contributed by atoms with Crippen molar-refractivity contribution in [3.8, 4) is 11.5 Å². The smallest absolute Gasteiger partial charge is 0.252 e. The molecule has 0 atom stereocenters. The van der Waals surface area contributed by atoms with Crippen LogP contribution in [0.3, 0.4) is 0 Å². The molecule has 1 rings (SSSR count). The van der Waals surface area contributed by atoms with Gasteiger partial charge in [0, 0.05) is 0 Å². The van der Waals surface area contributed by atoms with Crippen molar-refractivity contribution in [2.75, 3.05) is 13.7 Å². The predicted octanol–water partition coefficient (Wildman–Crippen LogP) is 1.19. The second kappa shape index (κ2) is 4.50. The molecule has 0 aliphatic carbocycles. The van der Waals surface area contributed by atoms with Gasteiger partial charge in [-0.25, -0.2) is 0 Å². The first-order chi connectivity index (χ1) is 6.69. The molecule has 4 heteroatoms. The average Bonchev–Trinajstić information content (AvgIpc) is 2.18. The molecule has 0 spiro atoms. The maximum Gasteiger partial charge on any atom is 0.252 e. The Morgan fingerprint density at radius 2 is 2.21 bits per heavy atom. The van der Waals surface area contributed by atoms with Gasteiger partial charge in [0.1, 0.15) is 11.5 Å². The second-order valence-corrected chi connectivity index (χ2v) is 2.66. The van der Waals surface area contributed by atoms with Crippen LogP contribution < -0.4 is 15.2 Å². The summed E-state index contributed by atoms with van der Waals surface area (Å²) in [6.07, 6.45) is 0. The number of ether oxygens (including phenoxy) is 2. The van der Waals surface area contributed by atoms with Crippen molar-refractivity contribution in [3.63, 3.8) is 0 Å².